The number of likely N-dealkylation sites (tertiary alicyclic amines) is 1. The Kier molecular flexibility index (Phi) is 7.38. The summed E-state index contributed by atoms with van der Waals surface area (Å²) in [7, 11) is 0. The number of furan rings is 1. The molecule has 2 aliphatic rings. The molecular formula is C26H29ClN6O4. The van der Waals surface area contributed by atoms with Crippen molar-refractivity contribution in [3.05, 3.63) is 41.4 Å². The monoisotopic (exact) mass is 524 g/mol. The predicted molar refractivity (Wildman–Crippen MR) is 141 cm³/mol. The van der Waals surface area contributed by atoms with Crippen molar-refractivity contribution in [2.75, 3.05) is 29.0 Å². The van der Waals surface area contributed by atoms with Crippen LogP contribution in [0.25, 0.3) is 11.1 Å². The van der Waals surface area contributed by atoms with E-state index >= 15 is 0 Å². The molecule has 11 heteroatoms. The van der Waals surface area contributed by atoms with E-state index in [9.17, 15) is 14.4 Å². The highest BCUT2D eigenvalue weighted by Crippen LogP contribution is 2.34. The second-order valence-electron chi connectivity index (χ2n) is 9.61. The van der Waals surface area contributed by atoms with Crippen LogP contribution >= 0.6 is 11.6 Å². The maximum atomic E-state index is 13.3. The number of pyridine rings is 2. The molecule has 3 N–H and O–H groups in total. The first-order chi connectivity index (χ1) is 17.9. The number of anilines is 3. The number of fused-ring (bicyclic) bond motifs is 1. The molecule has 1 aliphatic carbocycles. The van der Waals surface area contributed by atoms with Gasteiger partial charge in [-0.05, 0) is 63.7 Å². The van der Waals surface area contributed by atoms with Crippen LogP contribution in [0.1, 0.15) is 56.0 Å². The molecule has 3 aromatic rings. The van der Waals surface area contributed by atoms with Gasteiger partial charge in [-0.15, -0.1) is 0 Å². The number of nitrogens with zero attached hydrogens (tertiary/aromatic N) is 3. The summed E-state index contributed by atoms with van der Waals surface area (Å²) in [6, 6.07) is 5.28. The molecule has 0 bridgehead atoms. The number of carbonyl (C=O) groups excluding carboxylic acids is 3. The van der Waals surface area contributed by atoms with Gasteiger partial charge in [-0.1, -0.05) is 11.6 Å². The highest BCUT2D eigenvalue weighted by Gasteiger charge is 2.32. The molecule has 0 atom stereocenters. The Bertz CT molecular complexity index is 1310. The maximum Gasteiger partial charge on any atom is 0.294 e. The molecule has 194 valence electrons. The second kappa shape index (κ2) is 10.9. The van der Waals surface area contributed by atoms with Gasteiger partial charge in [0.1, 0.15) is 17.0 Å². The lowest BCUT2D eigenvalue weighted by atomic mass is 9.85. The van der Waals surface area contributed by atoms with Crippen LogP contribution in [-0.4, -0.2) is 51.7 Å². The van der Waals surface area contributed by atoms with E-state index in [2.05, 4.69) is 30.8 Å². The lowest BCUT2D eigenvalue weighted by Gasteiger charge is -2.33. The third-order valence-electron chi connectivity index (χ3n) is 7.00. The van der Waals surface area contributed by atoms with Crippen LogP contribution in [0.15, 0.2) is 35.0 Å². The van der Waals surface area contributed by atoms with E-state index in [0.717, 1.165) is 38.8 Å². The van der Waals surface area contributed by atoms with Crippen LogP contribution in [0.2, 0.25) is 5.02 Å². The minimum absolute atomic E-state index is 0.0988. The zero-order valence-corrected chi connectivity index (χ0v) is 21.3. The van der Waals surface area contributed by atoms with Crippen molar-refractivity contribution in [2.24, 2.45) is 5.92 Å². The average Bonchev–Trinajstić information content (AvgIpc) is 3.54. The molecule has 0 aromatic carbocycles. The Hall–Kier alpha value is -3.50. The number of carbonyl (C=O) groups is 3. The summed E-state index contributed by atoms with van der Waals surface area (Å²) >= 11 is 5.89. The molecule has 1 saturated carbocycles. The predicted octanol–water partition coefficient (Wildman–Crippen LogP) is 4.68. The number of halogens is 1. The van der Waals surface area contributed by atoms with Crippen molar-refractivity contribution in [3.63, 3.8) is 0 Å². The fourth-order valence-electron chi connectivity index (χ4n) is 5.18. The van der Waals surface area contributed by atoms with Crippen LogP contribution in [-0.2, 0) is 9.59 Å². The maximum absolute atomic E-state index is 13.3. The Balaban J connectivity index is 1.38. The van der Waals surface area contributed by atoms with Crippen LogP contribution < -0.4 is 16.0 Å². The molecule has 0 spiro atoms. The molecule has 0 unspecified atom stereocenters. The Morgan fingerprint density at radius 2 is 1.76 bits per heavy atom. The Morgan fingerprint density at radius 1 is 1.00 bits per heavy atom. The van der Waals surface area contributed by atoms with E-state index in [1.54, 1.807) is 18.2 Å². The van der Waals surface area contributed by atoms with Crippen molar-refractivity contribution < 1.29 is 18.8 Å². The Morgan fingerprint density at radius 3 is 2.43 bits per heavy atom. The molecule has 37 heavy (non-hydrogen) atoms. The molecule has 1 aliphatic heterocycles. The third kappa shape index (κ3) is 5.75. The quantitative estimate of drug-likeness (QED) is 0.427. The van der Waals surface area contributed by atoms with Crippen LogP contribution in [0.4, 0.5) is 17.2 Å². The first-order valence-corrected chi connectivity index (χ1v) is 12.9. The van der Waals surface area contributed by atoms with Gasteiger partial charge >= 0.3 is 0 Å². The second-order valence-corrected chi connectivity index (χ2v) is 10.0. The first-order valence-electron chi connectivity index (χ1n) is 12.6. The zero-order valence-electron chi connectivity index (χ0n) is 20.6. The molecule has 3 aromatic heterocycles. The largest absolute Gasteiger partial charge is 0.447 e. The van der Waals surface area contributed by atoms with Crippen molar-refractivity contribution in [2.45, 2.75) is 51.5 Å². The Labute approximate surface area is 219 Å². The number of aromatic nitrogens is 2. The number of hydrogen-bond acceptors (Lipinski definition) is 7. The van der Waals surface area contributed by atoms with E-state index in [1.807, 2.05) is 0 Å². The van der Waals surface area contributed by atoms with Gasteiger partial charge in [-0.25, -0.2) is 9.97 Å². The fraction of sp³-hybridized carbons (Fsp3) is 0.423. The first kappa shape index (κ1) is 25.2. The fourth-order valence-corrected chi connectivity index (χ4v) is 5.30. The minimum Gasteiger partial charge on any atom is -0.447 e. The van der Waals surface area contributed by atoms with Gasteiger partial charge in [0, 0.05) is 31.1 Å². The van der Waals surface area contributed by atoms with Crippen molar-refractivity contribution in [3.8, 4) is 0 Å². The average molecular weight is 525 g/mol. The number of hydrogen-bond donors (Lipinski definition) is 3. The molecule has 10 nitrogen and oxygen atoms in total. The van der Waals surface area contributed by atoms with E-state index in [1.165, 1.54) is 32.2 Å². The standard InChI is InChI=1S/C26H29ClN6O4/c1-15(34)30-18-12-20-22(29-14-18)23(24(37-20)26(36)31-21-9-6-17(27)13-28-21)32-25(35)16-4-7-19(8-5-16)33-10-2-3-11-33/h6,9,12-14,16,19H,2-5,7-8,10-11H2,1H3,(H,30,34)(H,32,35)(H,28,31,36). The molecular weight excluding hydrogens is 496 g/mol. The summed E-state index contributed by atoms with van der Waals surface area (Å²) in [5.74, 6) is -0.998. The van der Waals surface area contributed by atoms with E-state index in [0.29, 0.717) is 22.3 Å². The molecule has 2 fully saturated rings. The summed E-state index contributed by atoms with van der Waals surface area (Å²) in [5, 5.41) is 8.67. The van der Waals surface area contributed by atoms with Crippen molar-refractivity contribution in [1.29, 1.82) is 0 Å². The zero-order chi connectivity index (χ0) is 25.9. The molecule has 1 saturated heterocycles. The molecule has 4 heterocycles. The van der Waals surface area contributed by atoms with Crippen LogP contribution in [0, 0.1) is 5.92 Å². The van der Waals surface area contributed by atoms with Crippen molar-refractivity contribution >= 4 is 57.6 Å². The van der Waals surface area contributed by atoms with Gasteiger partial charge in [0.25, 0.3) is 5.91 Å². The van der Waals surface area contributed by atoms with Crippen LogP contribution in [0.5, 0.6) is 0 Å². The summed E-state index contributed by atoms with van der Waals surface area (Å²) < 4.78 is 5.85. The van der Waals surface area contributed by atoms with E-state index in [4.69, 9.17) is 16.0 Å². The van der Waals surface area contributed by atoms with E-state index in [-0.39, 0.29) is 40.6 Å². The van der Waals surface area contributed by atoms with Gasteiger partial charge < -0.3 is 25.3 Å². The van der Waals surface area contributed by atoms with Gasteiger partial charge in [0.15, 0.2) is 5.58 Å². The third-order valence-corrected chi connectivity index (χ3v) is 7.22. The van der Waals surface area contributed by atoms with Gasteiger partial charge in [-0.2, -0.15) is 0 Å². The lowest BCUT2D eigenvalue weighted by molar-refractivity contribution is -0.121. The SMILES string of the molecule is CC(=O)Nc1cnc2c(NC(=O)C3CCC(N4CCCC4)CC3)c(C(=O)Nc3ccc(Cl)cn3)oc2c1. The summed E-state index contributed by atoms with van der Waals surface area (Å²) in [4.78, 5) is 49.0. The molecule has 3 amide bonds. The summed E-state index contributed by atoms with van der Waals surface area (Å²) in [6.45, 7) is 3.68. The van der Waals surface area contributed by atoms with Gasteiger partial charge in [0.2, 0.25) is 17.6 Å². The number of nitrogens with one attached hydrogen (secondary N) is 3. The van der Waals surface area contributed by atoms with Gasteiger partial charge in [0.05, 0.1) is 16.9 Å². The summed E-state index contributed by atoms with van der Waals surface area (Å²) in [6.07, 6.45) is 8.92. The van der Waals surface area contributed by atoms with E-state index < -0.39 is 5.91 Å². The van der Waals surface area contributed by atoms with Crippen LogP contribution in [0.3, 0.4) is 0 Å². The highest BCUT2D eigenvalue weighted by atomic mass is 35.5. The molecule has 0 radical (unpaired) electrons. The topological polar surface area (TPSA) is 129 Å². The smallest absolute Gasteiger partial charge is 0.294 e. The lowest BCUT2D eigenvalue weighted by Crippen LogP contribution is -2.38. The van der Waals surface area contributed by atoms with Gasteiger partial charge in [-0.3, -0.25) is 14.4 Å². The number of amides is 3. The molecule has 5 rings (SSSR count). The highest BCUT2D eigenvalue weighted by molar-refractivity contribution is 6.30. The summed E-state index contributed by atoms with van der Waals surface area (Å²) in [5.41, 5.74) is 1.19. The minimum atomic E-state index is -0.595. The number of rotatable bonds is 6. The normalized spacial score (nSPS) is 20.1. The van der Waals surface area contributed by atoms with Crippen molar-refractivity contribution in [1.82, 2.24) is 14.9 Å².